The summed E-state index contributed by atoms with van der Waals surface area (Å²) in [5, 5.41) is 4.89. The van der Waals surface area contributed by atoms with Crippen molar-refractivity contribution in [3.05, 3.63) is 21.9 Å². The van der Waals surface area contributed by atoms with Crippen molar-refractivity contribution in [2.75, 3.05) is 14.2 Å². The van der Waals surface area contributed by atoms with Crippen molar-refractivity contribution in [3.8, 4) is 0 Å². The second-order valence-corrected chi connectivity index (χ2v) is 5.71. The van der Waals surface area contributed by atoms with Crippen LogP contribution < -0.4 is 0 Å². The van der Waals surface area contributed by atoms with Gasteiger partial charge in [0.2, 0.25) is 0 Å². The summed E-state index contributed by atoms with van der Waals surface area (Å²) in [7, 11) is 2.74. The third-order valence-electron chi connectivity index (χ3n) is 2.59. The molecule has 0 saturated heterocycles. The van der Waals surface area contributed by atoms with Crippen molar-refractivity contribution >= 4 is 44.0 Å². The summed E-state index contributed by atoms with van der Waals surface area (Å²) in [5.74, 6) is -0.546. The molecule has 2 rings (SSSR count). The first-order valence-corrected chi connectivity index (χ1v) is 7.01. The number of ether oxygens (including phenoxy) is 2. The molecule has 4 nitrogen and oxygen atoms in total. The Kier molecular flexibility index (Phi) is 3.98. The first-order chi connectivity index (χ1) is 8.65. The Hall–Kier alpha value is -1.40. The van der Waals surface area contributed by atoms with Gasteiger partial charge in [-0.1, -0.05) is 0 Å². The highest BCUT2D eigenvalue weighted by atomic mass is 32.2. The van der Waals surface area contributed by atoms with Crippen LogP contribution in [0.1, 0.15) is 11.1 Å². The molecule has 0 amide bonds. The van der Waals surface area contributed by atoms with Crippen LogP contribution in [0.3, 0.4) is 0 Å². The molecule has 0 N–H and O–H groups in total. The number of rotatable bonds is 4. The predicted octanol–water partition coefficient (Wildman–Crippen LogP) is 2.39. The largest absolute Gasteiger partial charge is 0.469 e. The topological polar surface area (TPSA) is 52.6 Å². The molecule has 96 valence electrons. The van der Waals surface area contributed by atoms with Crippen molar-refractivity contribution in [2.24, 2.45) is 0 Å². The summed E-state index contributed by atoms with van der Waals surface area (Å²) in [6, 6.07) is 0. The fourth-order valence-corrected chi connectivity index (χ4v) is 3.87. The average molecular weight is 284 g/mol. The van der Waals surface area contributed by atoms with Crippen LogP contribution in [0.25, 0.3) is 9.40 Å². The van der Waals surface area contributed by atoms with E-state index in [4.69, 9.17) is 0 Å². The van der Waals surface area contributed by atoms with Gasteiger partial charge >= 0.3 is 11.9 Å². The van der Waals surface area contributed by atoms with Gasteiger partial charge in [-0.25, -0.2) is 0 Å². The molecular formula is C12H12O4S2. The number of esters is 2. The third-order valence-corrected chi connectivity index (χ3v) is 4.81. The van der Waals surface area contributed by atoms with E-state index in [-0.39, 0.29) is 24.8 Å². The first-order valence-electron chi connectivity index (χ1n) is 5.25. The van der Waals surface area contributed by atoms with E-state index >= 15 is 0 Å². The van der Waals surface area contributed by atoms with Crippen molar-refractivity contribution in [1.29, 1.82) is 0 Å². The van der Waals surface area contributed by atoms with Gasteiger partial charge in [0.1, 0.15) is 0 Å². The molecular weight excluding hydrogens is 272 g/mol. The Labute approximate surface area is 112 Å². The minimum absolute atomic E-state index is 0.238. The standard InChI is InChI=1S/C12H12O4S2/c1-15-9(13)3-7-5-17-12-11(7)8(6-18-12)4-10(14)16-2/h5-6H,3-4H2,1-2H3. The zero-order valence-corrected chi connectivity index (χ0v) is 11.7. The van der Waals surface area contributed by atoms with Gasteiger partial charge in [0.25, 0.3) is 0 Å². The average Bonchev–Trinajstić information content (AvgIpc) is 2.93. The van der Waals surface area contributed by atoms with Crippen molar-refractivity contribution in [2.45, 2.75) is 12.8 Å². The molecule has 0 atom stereocenters. The summed E-state index contributed by atoms with van der Waals surface area (Å²) in [6.45, 7) is 0. The first kappa shape index (κ1) is 13.0. The van der Waals surface area contributed by atoms with E-state index in [2.05, 4.69) is 9.47 Å². The van der Waals surface area contributed by atoms with E-state index in [1.807, 2.05) is 10.8 Å². The Morgan fingerprint density at radius 3 is 1.83 bits per heavy atom. The van der Waals surface area contributed by atoms with E-state index in [0.29, 0.717) is 0 Å². The molecule has 0 radical (unpaired) electrons. The molecule has 0 aliphatic carbocycles. The number of methoxy groups -OCH3 is 2. The lowest BCUT2D eigenvalue weighted by Crippen LogP contribution is -2.06. The summed E-state index contributed by atoms with van der Waals surface area (Å²) in [4.78, 5) is 22.7. The normalized spacial score (nSPS) is 10.6. The molecule has 18 heavy (non-hydrogen) atoms. The molecule has 6 heteroatoms. The van der Waals surface area contributed by atoms with Crippen LogP contribution in [0.5, 0.6) is 0 Å². The van der Waals surface area contributed by atoms with E-state index in [0.717, 1.165) is 20.5 Å². The monoisotopic (exact) mass is 284 g/mol. The number of thiophene rings is 2. The summed E-state index contributed by atoms with van der Waals surface area (Å²) in [5.41, 5.74) is 1.84. The number of hydrogen-bond acceptors (Lipinski definition) is 6. The van der Waals surface area contributed by atoms with E-state index in [9.17, 15) is 9.59 Å². The molecule has 0 aliphatic heterocycles. The minimum atomic E-state index is -0.273. The van der Waals surface area contributed by atoms with Gasteiger partial charge in [-0.2, -0.15) is 0 Å². The fourth-order valence-electron chi connectivity index (χ4n) is 1.70. The number of hydrogen-bond donors (Lipinski definition) is 0. The Morgan fingerprint density at radius 1 is 1.00 bits per heavy atom. The fraction of sp³-hybridized carbons (Fsp3) is 0.333. The second-order valence-electron chi connectivity index (χ2n) is 3.69. The highest BCUT2D eigenvalue weighted by Gasteiger charge is 2.16. The van der Waals surface area contributed by atoms with Gasteiger partial charge in [0.15, 0.2) is 0 Å². The number of fused-ring (bicyclic) bond motifs is 1. The lowest BCUT2D eigenvalue weighted by Gasteiger charge is -2.00. The molecule has 2 heterocycles. The highest BCUT2D eigenvalue weighted by Crippen LogP contribution is 2.35. The number of carbonyl (C=O) groups is 2. The predicted molar refractivity (Wildman–Crippen MR) is 71.1 cm³/mol. The zero-order chi connectivity index (χ0) is 13.1. The second kappa shape index (κ2) is 5.49. The maximum atomic E-state index is 11.3. The molecule has 0 spiro atoms. The quantitative estimate of drug-likeness (QED) is 0.809. The van der Waals surface area contributed by atoms with Crippen LogP contribution in [0.15, 0.2) is 10.8 Å². The maximum absolute atomic E-state index is 11.3. The van der Waals surface area contributed by atoms with Gasteiger partial charge in [0, 0.05) is 5.39 Å². The van der Waals surface area contributed by atoms with Gasteiger partial charge in [-0.05, 0) is 21.9 Å². The molecule has 2 aromatic rings. The molecule has 0 aromatic carbocycles. The van der Waals surface area contributed by atoms with Crippen LogP contribution in [-0.2, 0) is 31.9 Å². The Bertz CT molecular complexity index is 534. The van der Waals surface area contributed by atoms with Gasteiger partial charge in [0.05, 0.1) is 31.1 Å². The smallest absolute Gasteiger partial charge is 0.310 e. The van der Waals surface area contributed by atoms with Crippen molar-refractivity contribution in [1.82, 2.24) is 0 Å². The summed E-state index contributed by atoms with van der Waals surface area (Å²) in [6.07, 6.45) is 0.475. The lowest BCUT2D eigenvalue weighted by atomic mass is 10.1. The Balaban J connectivity index is 2.34. The van der Waals surface area contributed by atoms with Crippen LogP contribution in [0.4, 0.5) is 0 Å². The molecule has 0 saturated carbocycles. The van der Waals surface area contributed by atoms with Crippen LogP contribution in [0.2, 0.25) is 0 Å². The number of carbonyl (C=O) groups excluding carboxylic acids is 2. The zero-order valence-electron chi connectivity index (χ0n) is 10.0. The van der Waals surface area contributed by atoms with Crippen LogP contribution in [-0.4, -0.2) is 26.2 Å². The summed E-state index contributed by atoms with van der Waals surface area (Å²) < 4.78 is 10.5. The molecule has 0 bridgehead atoms. The van der Waals surface area contributed by atoms with E-state index < -0.39 is 0 Å². The van der Waals surface area contributed by atoms with Crippen LogP contribution in [0, 0.1) is 0 Å². The van der Waals surface area contributed by atoms with Gasteiger partial charge in [-0.15, -0.1) is 22.7 Å². The van der Waals surface area contributed by atoms with Gasteiger partial charge in [-0.3, -0.25) is 9.59 Å². The maximum Gasteiger partial charge on any atom is 0.310 e. The SMILES string of the molecule is COC(=O)Cc1csc2scc(CC(=O)OC)c12. The van der Waals surface area contributed by atoms with Crippen molar-refractivity contribution in [3.63, 3.8) is 0 Å². The summed E-state index contributed by atoms with van der Waals surface area (Å²) >= 11 is 3.16. The van der Waals surface area contributed by atoms with Crippen LogP contribution >= 0.6 is 22.7 Å². The van der Waals surface area contributed by atoms with E-state index in [1.54, 1.807) is 22.7 Å². The minimum Gasteiger partial charge on any atom is -0.469 e. The molecule has 0 fully saturated rings. The van der Waals surface area contributed by atoms with E-state index in [1.165, 1.54) is 14.2 Å². The Morgan fingerprint density at radius 2 is 1.44 bits per heavy atom. The molecule has 2 aromatic heterocycles. The lowest BCUT2D eigenvalue weighted by molar-refractivity contribution is -0.140. The molecule has 0 unspecified atom stereocenters. The van der Waals surface area contributed by atoms with Crippen molar-refractivity contribution < 1.29 is 19.1 Å². The molecule has 0 aliphatic rings. The highest BCUT2D eigenvalue weighted by molar-refractivity contribution is 7.37. The third kappa shape index (κ3) is 2.54. The van der Waals surface area contributed by atoms with Gasteiger partial charge < -0.3 is 9.47 Å².